The predicted molar refractivity (Wildman–Crippen MR) is 56.1 cm³/mol. The maximum atomic E-state index is 5.51. The highest BCUT2D eigenvalue weighted by molar-refractivity contribution is 7.17. The van der Waals surface area contributed by atoms with Crippen LogP contribution in [0.3, 0.4) is 0 Å². The number of anilines is 1. The summed E-state index contributed by atoms with van der Waals surface area (Å²) in [4.78, 5) is 4.01. The molecular weight excluding hydrogens is 184 g/mol. The lowest BCUT2D eigenvalue weighted by Gasteiger charge is -2.16. The van der Waals surface area contributed by atoms with Crippen molar-refractivity contribution >= 4 is 16.3 Å². The van der Waals surface area contributed by atoms with Crippen LogP contribution >= 0.6 is 11.3 Å². The summed E-state index contributed by atoms with van der Waals surface area (Å²) < 4.78 is 5.43. The van der Waals surface area contributed by atoms with Crippen molar-refractivity contribution < 1.29 is 4.74 Å². The SMILES string of the molecule is CC(C)(C)CCOc1ncc(N)s1. The maximum absolute atomic E-state index is 5.51. The van der Waals surface area contributed by atoms with Gasteiger partial charge in [-0.2, -0.15) is 0 Å². The standard InChI is InChI=1S/C9H16N2OS/c1-9(2,3)4-5-12-8-11-6-7(10)13-8/h6H,4-5,10H2,1-3H3. The van der Waals surface area contributed by atoms with Crippen molar-refractivity contribution in [2.24, 2.45) is 5.41 Å². The molecule has 0 radical (unpaired) electrons. The average Bonchev–Trinajstić information content (AvgIpc) is 2.33. The lowest BCUT2D eigenvalue weighted by molar-refractivity contribution is 0.242. The van der Waals surface area contributed by atoms with Gasteiger partial charge >= 0.3 is 0 Å². The number of rotatable bonds is 3. The van der Waals surface area contributed by atoms with Crippen molar-refractivity contribution in [1.29, 1.82) is 0 Å². The maximum Gasteiger partial charge on any atom is 0.275 e. The molecule has 0 aliphatic heterocycles. The highest BCUT2D eigenvalue weighted by Gasteiger charge is 2.10. The number of nitrogens with two attached hydrogens (primary N) is 1. The fraction of sp³-hybridized carbons (Fsp3) is 0.667. The monoisotopic (exact) mass is 200 g/mol. The van der Waals surface area contributed by atoms with Crippen LogP contribution in [0.2, 0.25) is 0 Å². The second kappa shape index (κ2) is 3.96. The molecule has 1 aromatic heterocycles. The number of aromatic nitrogens is 1. The van der Waals surface area contributed by atoms with Crippen molar-refractivity contribution in [3.63, 3.8) is 0 Å². The van der Waals surface area contributed by atoms with E-state index in [-0.39, 0.29) is 0 Å². The Balaban J connectivity index is 2.28. The van der Waals surface area contributed by atoms with E-state index >= 15 is 0 Å². The molecular formula is C9H16N2OS. The second-order valence-corrected chi connectivity index (χ2v) is 5.21. The van der Waals surface area contributed by atoms with Crippen LogP contribution in [-0.2, 0) is 0 Å². The molecule has 13 heavy (non-hydrogen) atoms. The zero-order chi connectivity index (χ0) is 9.90. The van der Waals surface area contributed by atoms with Crippen molar-refractivity contribution in [3.05, 3.63) is 6.20 Å². The molecule has 0 bridgehead atoms. The molecule has 0 spiro atoms. The molecule has 0 amide bonds. The van der Waals surface area contributed by atoms with Gasteiger partial charge in [-0.15, -0.1) is 0 Å². The molecule has 1 aromatic rings. The van der Waals surface area contributed by atoms with Gasteiger partial charge < -0.3 is 10.5 Å². The van der Waals surface area contributed by atoms with E-state index in [1.807, 2.05) is 0 Å². The van der Waals surface area contributed by atoms with Crippen molar-refractivity contribution in [1.82, 2.24) is 4.98 Å². The molecule has 1 heterocycles. The summed E-state index contributed by atoms with van der Waals surface area (Å²) in [5.74, 6) is 0. The molecule has 0 atom stereocenters. The molecule has 0 unspecified atom stereocenters. The van der Waals surface area contributed by atoms with Gasteiger partial charge in [0, 0.05) is 0 Å². The van der Waals surface area contributed by atoms with Crippen LogP contribution in [0.15, 0.2) is 6.20 Å². The van der Waals surface area contributed by atoms with Gasteiger partial charge in [-0.05, 0) is 11.8 Å². The minimum atomic E-state index is 0.308. The summed E-state index contributed by atoms with van der Waals surface area (Å²) in [5, 5.41) is 1.37. The third kappa shape index (κ3) is 4.12. The summed E-state index contributed by atoms with van der Waals surface area (Å²) in [6.45, 7) is 7.27. The molecule has 74 valence electrons. The van der Waals surface area contributed by atoms with Gasteiger partial charge in [-0.3, -0.25) is 0 Å². The Morgan fingerprint density at radius 3 is 2.69 bits per heavy atom. The van der Waals surface area contributed by atoms with E-state index in [0.29, 0.717) is 22.2 Å². The van der Waals surface area contributed by atoms with Gasteiger partial charge in [-0.1, -0.05) is 32.1 Å². The molecule has 1 rings (SSSR count). The van der Waals surface area contributed by atoms with E-state index in [1.54, 1.807) is 6.20 Å². The Morgan fingerprint density at radius 2 is 2.23 bits per heavy atom. The van der Waals surface area contributed by atoms with Crippen LogP contribution in [0.1, 0.15) is 27.2 Å². The number of nitrogen functional groups attached to an aromatic ring is 1. The highest BCUT2D eigenvalue weighted by atomic mass is 32.1. The number of nitrogens with zero attached hydrogens (tertiary/aromatic N) is 1. The molecule has 0 aliphatic carbocycles. The third-order valence-electron chi connectivity index (χ3n) is 1.58. The van der Waals surface area contributed by atoms with E-state index in [0.717, 1.165) is 6.42 Å². The van der Waals surface area contributed by atoms with Gasteiger partial charge in [0.25, 0.3) is 5.19 Å². The van der Waals surface area contributed by atoms with E-state index < -0.39 is 0 Å². The predicted octanol–water partition coefficient (Wildman–Crippen LogP) is 2.54. The normalized spacial score (nSPS) is 11.6. The third-order valence-corrected chi connectivity index (χ3v) is 2.32. The van der Waals surface area contributed by atoms with E-state index in [4.69, 9.17) is 10.5 Å². The first-order valence-electron chi connectivity index (χ1n) is 4.31. The fourth-order valence-electron chi connectivity index (χ4n) is 0.781. The molecule has 0 saturated heterocycles. The molecule has 2 N–H and O–H groups in total. The lowest BCUT2D eigenvalue weighted by Crippen LogP contribution is -2.10. The van der Waals surface area contributed by atoms with Gasteiger partial charge in [-0.25, -0.2) is 4.98 Å². The van der Waals surface area contributed by atoms with Crippen LogP contribution in [0.25, 0.3) is 0 Å². The van der Waals surface area contributed by atoms with Crippen LogP contribution in [0.5, 0.6) is 5.19 Å². The minimum Gasteiger partial charge on any atom is -0.470 e. The minimum absolute atomic E-state index is 0.308. The van der Waals surface area contributed by atoms with Crippen molar-refractivity contribution in [2.45, 2.75) is 27.2 Å². The van der Waals surface area contributed by atoms with Gasteiger partial charge in [0.15, 0.2) is 0 Å². The summed E-state index contributed by atoms with van der Waals surface area (Å²) in [6, 6.07) is 0. The summed E-state index contributed by atoms with van der Waals surface area (Å²) >= 11 is 1.38. The Labute approximate surface area is 82.9 Å². The summed E-state index contributed by atoms with van der Waals surface area (Å²) in [6.07, 6.45) is 2.64. The van der Waals surface area contributed by atoms with Crippen LogP contribution in [0.4, 0.5) is 5.00 Å². The van der Waals surface area contributed by atoms with Crippen LogP contribution in [0, 0.1) is 5.41 Å². The number of hydrogen-bond donors (Lipinski definition) is 1. The van der Waals surface area contributed by atoms with Gasteiger partial charge in [0.1, 0.15) is 5.00 Å². The first-order chi connectivity index (χ1) is 5.97. The largest absolute Gasteiger partial charge is 0.470 e. The first kappa shape index (κ1) is 10.3. The fourth-order valence-corrected chi connectivity index (χ4v) is 1.34. The number of thiazole rings is 1. The molecule has 0 fully saturated rings. The quantitative estimate of drug-likeness (QED) is 0.815. The topological polar surface area (TPSA) is 48.1 Å². The molecule has 0 aromatic carbocycles. The summed E-state index contributed by atoms with van der Waals surface area (Å²) in [7, 11) is 0. The van der Waals surface area contributed by atoms with Gasteiger partial charge in [0.2, 0.25) is 0 Å². The zero-order valence-electron chi connectivity index (χ0n) is 8.33. The Hall–Kier alpha value is -0.770. The van der Waals surface area contributed by atoms with Crippen molar-refractivity contribution in [3.8, 4) is 5.19 Å². The number of ether oxygens (including phenoxy) is 1. The van der Waals surface area contributed by atoms with Crippen LogP contribution < -0.4 is 10.5 Å². The number of hydrogen-bond acceptors (Lipinski definition) is 4. The van der Waals surface area contributed by atoms with Crippen molar-refractivity contribution in [2.75, 3.05) is 12.3 Å². The zero-order valence-corrected chi connectivity index (χ0v) is 9.15. The Kier molecular flexibility index (Phi) is 3.14. The van der Waals surface area contributed by atoms with Crippen LogP contribution in [-0.4, -0.2) is 11.6 Å². The van der Waals surface area contributed by atoms with Gasteiger partial charge in [0.05, 0.1) is 12.8 Å². The summed E-state index contributed by atoms with van der Waals surface area (Å²) in [5.41, 5.74) is 5.82. The molecule has 3 nitrogen and oxygen atoms in total. The highest BCUT2D eigenvalue weighted by Crippen LogP contribution is 2.24. The van der Waals surface area contributed by atoms with E-state index in [1.165, 1.54) is 11.3 Å². The smallest absolute Gasteiger partial charge is 0.275 e. The Morgan fingerprint density at radius 1 is 1.54 bits per heavy atom. The Bertz CT molecular complexity index is 265. The second-order valence-electron chi connectivity index (χ2n) is 4.19. The molecule has 0 saturated carbocycles. The first-order valence-corrected chi connectivity index (χ1v) is 5.13. The van der Waals surface area contributed by atoms with E-state index in [2.05, 4.69) is 25.8 Å². The van der Waals surface area contributed by atoms with E-state index in [9.17, 15) is 0 Å². The lowest BCUT2D eigenvalue weighted by atomic mass is 9.93. The average molecular weight is 200 g/mol. The molecule has 0 aliphatic rings. The molecule has 4 heteroatoms.